The Hall–Kier alpha value is -1.89. The predicted octanol–water partition coefficient (Wildman–Crippen LogP) is 1.78. The van der Waals surface area contributed by atoms with Crippen LogP contribution in [0.3, 0.4) is 0 Å². The lowest BCUT2D eigenvalue weighted by Crippen LogP contribution is -2.58. The molecule has 0 atom stereocenters. The summed E-state index contributed by atoms with van der Waals surface area (Å²) in [6.07, 6.45) is 0.975. The summed E-state index contributed by atoms with van der Waals surface area (Å²) < 4.78 is 33.1. The third-order valence-corrected chi connectivity index (χ3v) is 6.06. The van der Waals surface area contributed by atoms with Gasteiger partial charge < -0.3 is 4.74 Å². The first-order valence-electron chi connectivity index (χ1n) is 8.15. The fourth-order valence-electron chi connectivity index (χ4n) is 3.31. The Labute approximate surface area is 142 Å². The summed E-state index contributed by atoms with van der Waals surface area (Å²) in [5.41, 5.74) is 2.46. The molecule has 2 heterocycles. The molecule has 2 aromatic rings. The molecule has 2 aromatic carbocycles. The molecule has 0 aromatic heterocycles. The molecule has 2 aliphatic rings. The van der Waals surface area contributed by atoms with Crippen molar-refractivity contribution < 1.29 is 13.2 Å². The van der Waals surface area contributed by atoms with Crippen molar-refractivity contribution in [3.8, 4) is 5.75 Å². The molecule has 1 fully saturated rings. The quantitative estimate of drug-likeness (QED) is 0.898. The molecule has 0 aliphatic carbocycles. The predicted molar refractivity (Wildman–Crippen MR) is 91.5 cm³/mol. The number of rotatable bonds is 5. The lowest BCUT2D eigenvalue weighted by molar-refractivity contribution is 0.131. The maximum atomic E-state index is 12.3. The fraction of sp³-hybridized carbons (Fsp3) is 0.333. The normalized spacial score (nSPS) is 18.0. The molecule has 0 radical (unpaired) electrons. The molecule has 0 saturated carbocycles. The van der Waals surface area contributed by atoms with Crippen molar-refractivity contribution in [2.75, 3.05) is 19.7 Å². The maximum Gasteiger partial charge on any atom is 0.240 e. The molecule has 5 nitrogen and oxygen atoms in total. The molecule has 0 bridgehead atoms. The van der Waals surface area contributed by atoms with E-state index in [9.17, 15) is 8.42 Å². The molecule has 24 heavy (non-hydrogen) atoms. The van der Waals surface area contributed by atoms with Crippen LogP contribution in [0.2, 0.25) is 0 Å². The second-order valence-electron chi connectivity index (χ2n) is 6.33. The van der Waals surface area contributed by atoms with Crippen molar-refractivity contribution in [1.82, 2.24) is 9.62 Å². The summed E-state index contributed by atoms with van der Waals surface area (Å²) in [4.78, 5) is 2.55. The van der Waals surface area contributed by atoms with Crippen LogP contribution in [0.25, 0.3) is 0 Å². The second-order valence-corrected chi connectivity index (χ2v) is 8.04. The Balaban J connectivity index is 1.35. The van der Waals surface area contributed by atoms with Crippen molar-refractivity contribution in [2.24, 2.45) is 0 Å². The Kier molecular flexibility index (Phi) is 4.04. The van der Waals surface area contributed by atoms with Gasteiger partial charge >= 0.3 is 0 Å². The number of hydrogen-bond acceptors (Lipinski definition) is 4. The molecule has 0 unspecified atom stereocenters. The van der Waals surface area contributed by atoms with Crippen LogP contribution in [-0.2, 0) is 23.0 Å². The minimum atomic E-state index is -3.43. The number of nitrogens with one attached hydrogen (secondary N) is 1. The summed E-state index contributed by atoms with van der Waals surface area (Å²) >= 11 is 0. The van der Waals surface area contributed by atoms with Gasteiger partial charge in [0.15, 0.2) is 0 Å². The Morgan fingerprint density at radius 3 is 2.67 bits per heavy atom. The first-order valence-corrected chi connectivity index (χ1v) is 9.63. The zero-order chi connectivity index (χ0) is 16.6. The SMILES string of the molecule is O=S(=O)(NC1CN(Cc2cccc3c2OCC3)C1)c1ccccc1. The average Bonchev–Trinajstić information content (AvgIpc) is 3.03. The van der Waals surface area contributed by atoms with E-state index >= 15 is 0 Å². The molecule has 0 spiro atoms. The van der Waals surface area contributed by atoms with Crippen LogP contribution >= 0.6 is 0 Å². The Morgan fingerprint density at radius 2 is 1.88 bits per heavy atom. The zero-order valence-electron chi connectivity index (χ0n) is 13.3. The number of hydrogen-bond donors (Lipinski definition) is 1. The van der Waals surface area contributed by atoms with Gasteiger partial charge in [-0.25, -0.2) is 13.1 Å². The summed E-state index contributed by atoms with van der Waals surface area (Å²) in [6.45, 7) is 2.99. The van der Waals surface area contributed by atoms with Crippen LogP contribution in [0, 0.1) is 0 Å². The van der Waals surface area contributed by atoms with Crippen LogP contribution in [0.1, 0.15) is 11.1 Å². The van der Waals surface area contributed by atoms with E-state index in [-0.39, 0.29) is 6.04 Å². The average molecular weight is 344 g/mol. The van der Waals surface area contributed by atoms with Crippen LogP contribution in [-0.4, -0.2) is 39.1 Å². The third kappa shape index (κ3) is 3.05. The lowest BCUT2D eigenvalue weighted by Gasteiger charge is -2.39. The van der Waals surface area contributed by atoms with Crippen molar-refractivity contribution in [3.63, 3.8) is 0 Å². The number of likely N-dealkylation sites (tertiary alicyclic amines) is 1. The van der Waals surface area contributed by atoms with Crippen molar-refractivity contribution in [2.45, 2.75) is 23.9 Å². The van der Waals surface area contributed by atoms with Gasteiger partial charge in [-0.2, -0.15) is 0 Å². The first-order chi connectivity index (χ1) is 11.6. The highest BCUT2D eigenvalue weighted by atomic mass is 32.2. The van der Waals surface area contributed by atoms with Gasteiger partial charge in [0.2, 0.25) is 10.0 Å². The maximum absolute atomic E-state index is 12.3. The number of para-hydroxylation sites is 1. The second kappa shape index (κ2) is 6.20. The van der Waals surface area contributed by atoms with Gasteiger partial charge in [-0.05, 0) is 17.7 Å². The molecule has 0 amide bonds. The molecule has 1 saturated heterocycles. The molecule has 126 valence electrons. The van der Waals surface area contributed by atoms with Gasteiger partial charge in [0, 0.05) is 37.7 Å². The number of ether oxygens (including phenoxy) is 1. The topological polar surface area (TPSA) is 58.6 Å². The third-order valence-electron chi connectivity index (χ3n) is 4.52. The van der Waals surface area contributed by atoms with Gasteiger partial charge in [0.05, 0.1) is 11.5 Å². The molecular formula is C18H20N2O3S. The van der Waals surface area contributed by atoms with E-state index in [1.54, 1.807) is 24.3 Å². The van der Waals surface area contributed by atoms with E-state index in [1.807, 2.05) is 6.07 Å². The fourth-order valence-corrected chi connectivity index (χ4v) is 4.55. The van der Waals surface area contributed by atoms with E-state index in [4.69, 9.17) is 4.74 Å². The van der Waals surface area contributed by atoms with Gasteiger partial charge in [-0.1, -0.05) is 36.4 Å². The monoisotopic (exact) mass is 344 g/mol. The Morgan fingerprint density at radius 1 is 1.08 bits per heavy atom. The van der Waals surface area contributed by atoms with E-state index in [0.717, 1.165) is 38.4 Å². The van der Waals surface area contributed by atoms with Gasteiger partial charge in [0.1, 0.15) is 5.75 Å². The van der Waals surface area contributed by atoms with Crippen LogP contribution in [0.4, 0.5) is 0 Å². The van der Waals surface area contributed by atoms with Crippen LogP contribution < -0.4 is 9.46 Å². The zero-order valence-corrected chi connectivity index (χ0v) is 14.1. The van der Waals surface area contributed by atoms with Gasteiger partial charge in [-0.15, -0.1) is 0 Å². The smallest absolute Gasteiger partial charge is 0.240 e. The first kappa shape index (κ1) is 15.6. The molecule has 6 heteroatoms. The van der Waals surface area contributed by atoms with E-state index < -0.39 is 10.0 Å². The van der Waals surface area contributed by atoms with Crippen LogP contribution in [0.5, 0.6) is 5.75 Å². The highest BCUT2D eigenvalue weighted by molar-refractivity contribution is 7.89. The number of nitrogens with zero attached hydrogens (tertiary/aromatic N) is 1. The van der Waals surface area contributed by atoms with Gasteiger partial charge in [0.25, 0.3) is 0 Å². The van der Waals surface area contributed by atoms with Crippen molar-refractivity contribution >= 4 is 10.0 Å². The molecular weight excluding hydrogens is 324 g/mol. The lowest BCUT2D eigenvalue weighted by atomic mass is 10.0. The highest BCUT2D eigenvalue weighted by Crippen LogP contribution is 2.31. The summed E-state index contributed by atoms with van der Waals surface area (Å²) in [6, 6.07) is 14.7. The largest absolute Gasteiger partial charge is 0.493 e. The Bertz CT molecular complexity index is 831. The van der Waals surface area contributed by atoms with Crippen molar-refractivity contribution in [3.05, 3.63) is 59.7 Å². The van der Waals surface area contributed by atoms with Crippen molar-refractivity contribution in [1.29, 1.82) is 0 Å². The molecule has 4 rings (SSSR count). The van der Waals surface area contributed by atoms with Gasteiger partial charge in [-0.3, -0.25) is 4.90 Å². The number of fused-ring (bicyclic) bond motifs is 1. The van der Waals surface area contributed by atoms with Crippen LogP contribution in [0.15, 0.2) is 53.4 Å². The minimum absolute atomic E-state index is 0.0344. The standard InChI is InChI=1S/C18H20N2O3S/c21-24(22,17-7-2-1-3-8-17)19-16-12-20(13-16)11-15-6-4-5-14-9-10-23-18(14)15/h1-8,16,19H,9-13H2. The van der Waals surface area contributed by atoms with E-state index in [0.29, 0.717) is 4.90 Å². The minimum Gasteiger partial charge on any atom is -0.493 e. The van der Waals surface area contributed by atoms with E-state index in [1.165, 1.54) is 11.1 Å². The highest BCUT2D eigenvalue weighted by Gasteiger charge is 2.31. The molecule has 1 N–H and O–H groups in total. The summed E-state index contributed by atoms with van der Waals surface area (Å²) in [5.74, 6) is 1.02. The van der Waals surface area contributed by atoms with E-state index in [2.05, 4.69) is 27.8 Å². The number of benzene rings is 2. The summed E-state index contributed by atoms with van der Waals surface area (Å²) in [5, 5.41) is 0. The number of sulfonamides is 1. The molecule has 2 aliphatic heterocycles. The summed E-state index contributed by atoms with van der Waals surface area (Å²) in [7, 11) is -3.43.